The lowest BCUT2D eigenvalue weighted by atomic mass is 9.97. The molecule has 53 heavy (non-hydrogen) atoms. The number of ether oxygens (including phenoxy) is 2. The number of benzene rings is 4. The number of nitro benzene ring substituents is 1. The number of amides is 1. The van der Waals surface area contributed by atoms with Crippen molar-refractivity contribution in [2.75, 3.05) is 37.6 Å². The molecule has 0 unspecified atom stereocenters. The van der Waals surface area contributed by atoms with E-state index in [2.05, 4.69) is 15.1 Å². The van der Waals surface area contributed by atoms with Crippen molar-refractivity contribution >= 4 is 23.3 Å². The first-order valence-corrected chi connectivity index (χ1v) is 18.1. The van der Waals surface area contributed by atoms with Crippen LogP contribution in [-0.2, 0) is 32.2 Å². The number of unbranched alkanes of at least 4 members (excludes halogenated alkanes) is 1. The number of nitrogens with one attached hydrogen (secondary N) is 1. The van der Waals surface area contributed by atoms with Gasteiger partial charge < -0.3 is 29.9 Å². The van der Waals surface area contributed by atoms with Gasteiger partial charge in [0.15, 0.2) is 6.29 Å². The molecule has 1 amide bonds. The monoisotopic (exact) mass is 722 g/mol. The number of hydrogen-bond acceptors (Lipinski definition) is 9. The summed E-state index contributed by atoms with van der Waals surface area (Å²) in [5.41, 5.74) is 6.80. The molecule has 3 N–H and O–H groups in total. The van der Waals surface area contributed by atoms with Gasteiger partial charge in [0, 0.05) is 81.9 Å². The fourth-order valence-corrected chi connectivity index (χ4v) is 6.91. The van der Waals surface area contributed by atoms with Crippen LogP contribution in [0.3, 0.4) is 0 Å². The van der Waals surface area contributed by atoms with Crippen LogP contribution in [0.15, 0.2) is 97.1 Å². The lowest BCUT2D eigenvalue weighted by Crippen LogP contribution is -2.49. The van der Waals surface area contributed by atoms with Gasteiger partial charge in [0.2, 0.25) is 5.91 Å². The number of hydrogen-bond donors (Lipinski definition) is 3. The second kappa shape index (κ2) is 18.1. The predicted molar refractivity (Wildman–Crippen MR) is 200 cm³/mol. The molecule has 12 heteroatoms. The number of nitrogens with zero attached hydrogens (tertiary/aromatic N) is 3. The van der Waals surface area contributed by atoms with Gasteiger partial charge in [0.1, 0.15) is 0 Å². The number of aliphatic carboxylic acids is 1. The van der Waals surface area contributed by atoms with Crippen molar-refractivity contribution in [2.24, 2.45) is 0 Å². The Kier molecular flexibility index (Phi) is 12.8. The second-order valence-electron chi connectivity index (χ2n) is 13.6. The van der Waals surface area contributed by atoms with E-state index in [-0.39, 0.29) is 48.2 Å². The Morgan fingerprint density at radius 1 is 0.830 bits per heavy atom. The molecule has 2 saturated heterocycles. The first-order valence-electron chi connectivity index (χ1n) is 18.1. The molecule has 4 aromatic rings. The molecular weight excluding hydrogens is 676 g/mol. The highest BCUT2D eigenvalue weighted by Crippen LogP contribution is 2.39. The molecule has 278 valence electrons. The van der Waals surface area contributed by atoms with Crippen LogP contribution < -0.4 is 10.2 Å². The molecule has 0 bridgehead atoms. The maximum absolute atomic E-state index is 12.4. The third-order valence-electron chi connectivity index (χ3n) is 9.91. The molecule has 2 fully saturated rings. The third kappa shape index (κ3) is 10.3. The van der Waals surface area contributed by atoms with Crippen molar-refractivity contribution in [3.63, 3.8) is 0 Å². The number of carbonyl (C=O) groups excluding carboxylic acids is 1. The zero-order valence-corrected chi connectivity index (χ0v) is 29.6. The van der Waals surface area contributed by atoms with Gasteiger partial charge in [-0.05, 0) is 52.8 Å². The van der Waals surface area contributed by atoms with E-state index in [1.165, 1.54) is 0 Å². The van der Waals surface area contributed by atoms with Gasteiger partial charge in [-0.25, -0.2) is 0 Å². The highest BCUT2D eigenvalue weighted by molar-refractivity contribution is 5.76. The molecular formula is C41H46N4O8. The minimum atomic E-state index is -0.853. The molecule has 2 heterocycles. The van der Waals surface area contributed by atoms with Gasteiger partial charge in [-0.2, -0.15) is 0 Å². The zero-order chi connectivity index (χ0) is 37.2. The lowest BCUT2D eigenvalue weighted by molar-refractivity contribution is -0.384. The maximum Gasteiger partial charge on any atom is 0.303 e. The predicted octanol–water partition coefficient (Wildman–Crippen LogP) is 6.38. The Morgan fingerprint density at radius 3 is 2.19 bits per heavy atom. The molecule has 0 spiro atoms. The quantitative estimate of drug-likeness (QED) is 0.0715. The van der Waals surface area contributed by atoms with Crippen LogP contribution in [-0.4, -0.2) is 70.7 Å². The summed E-state index contributed by atoms with van der Waals surface area (Å²) in [5, 5.41) is 32.5. The summed E-state index contributed by atoms with van der Waals surface area (Å²) in [6.07, 6.45) is 1.13. The minimum absolute atomic E-state index is 0.0253. The number of carboxylic acids is 1. The number of aliphatic hydroxyl groups excluding tert-OH is 1. The number of rotatable bonds is 15. The van der Waals surface area contributed by atoms with Gasteiger partial charge >= 0.3 is 5.97 Å². The first kappa shape index (κ1) is 37.6. The summed E-state index contributed by atoms with van der Waals surface area (Å²) in [4.78, 5) is 38.5. The zero-order valence-electron chi connectivity index (χ0n) is 29.6. The molecule has 6 rings (SSSR count). The standard InChI is InChI=1S/C41H46N4O8/c46-28-29-9-11-31(12-10-29)38-25-36(27-43-21-23-44(24-22-43)34-17-19-35(20-18-34)45(50)51)52-41(53-38)32-15-13-30(14-16-32)37-6-2-1-5-33(37)26-42-39(47)7-3-4-8-40(48)49/h1-2,5-6,9-20,36,38,41,46H,3-4,7-8,21-28H2,(H,42,47)(H,48,49)/t36-,38+,41+/m1/s1. The van der Waals surface area contributed by atoms with E-state index in [4.69, 9.17) is 14.6 Å². The number of nitro groups is 1. The van der Waals surface area contributed by atoms with Crippen LogP contribution in [0.5, 0.6) is 0 Å². The van der Waals surface area contributed by atoms with Crippen molar-refractivity contribution < 1.29 is 34.2 Å². The van der Waals surface area contributed by atoms with Crippen LogP contribution in [0.4, 0.5) is 11.4 Å². The molecule has 2 aliphatic rings. The highest BCUT2D eigenvalue weighted by Gasteiger charge is 2.34. The van der Waals surface area contributed by atoms with E-state index in [0.29, 0.717) is 25.8 Å². The Balaban J connectivity index is 1.11. The van der Waals surface area contributed by atoms with Crippen LogP contribution in [0.25, 0.3) is 11.1 Å². The van der Waals surface area contributed by atoms with Gasteiger partial charge in [-0.15, -0.1) is 0 Å². The Labute approximate surface area is 309 Å². The van der Waals surface area contributed by atoms with E-state index in [0.717, 1.165) is 71.8 Å². The number of anilines is 1. The van der Waals surface area contributed by atoms with Crippen molar-refractivity contribution in [3.05, 3.63) is 129 Å². The summed E-state index contributed by atoms with van der Waals surface area (Å²) in [5.74, 6) is -0.956. The Morgan fingerprint density at radius 2 is 1.51 bits per heavy atom. The van der Waals surface area contributed by atoms with Crippen molar-refractivity contribution in [1.29, 1.82) is 0 Å². The fraction of sp³-hybridized carbons (Fsp3) is 0.366. The molecule has 4 aromatic carbocycles. The average molecular weight is 723 g/mol. The van der Waals surface area contributed by atoms with Crippen LogP contribution in [0.1, 0.15) is 66.8 Å². The molecule has 0 radical (unpaired) electrons. The third-order valence-corrected chi connectivity index (χ3v) is 9.91. The van der Waals surface area contributed by atoms with Gasteiger partial charge in [0.25, 0.3) is 5.69 Å². The normalized spacial score (nSPS) is 19.1. The van der Waals surface area contributed by atoms with Gasteiger partial charge in [0.05, 0.1) is 23.7 Å². The fourth-order valence-electron chi connectivity index (χ4n) is 6.91. The van der Waals surface area contributed by atoms with E-state index in [1.807, 2.05) is 84.9 Å². The number of carbonyl (C=O) groups is 2. The highest BCUT2D eigenvalue weighted by atomic mass is 16.7. The Hall–Kier alpha value is -5.14. The smallest absolute Gasteiger partial charge is 0.303 e. The molecule has 2 aliphatic heterocycles. The Bertz CT molecular complexity index is 1830. The summed E-state index contributed by atoms with van der Waals surface area (Å²) in [7, 11) is 0. The van der Waals surface area contributed by atoms with Crippen LogP contribution in [0, 0.1) is 10.1 Å². The minimum Gasteiger partial charge on any atom is -0.481 e. The van der Waals surface area contributed by atoms with Crippen LogP contribution >= 0.6 is 0 Å². The second-order valence-corrected chi connectivity index (χ2v) is 13.6. The van der Waals surface area contributed by atoms with Gasteiger partial charge in [-0.1, -0.05) is 72.8 Å². The average Bonchev–Trinajstić information content (AvgIpc) is 3.19. The maximum atomic E-state index is 12.4. The number of carboxylic acid groups (broad SMARTS) is 1. The summed E-state index contributed by atoms with van der Waals surface area (Å²) in [6, 6.07) is 30.6. The lowest BCUT2D eigenvalue weighted by Gasteiger charge is -2.41. The number of aliphatic hydroxyl groups is 1. The van der Waals surface area contributed by atoms with Crippen LogP contribution in [0.2, 0.25) is 0 Å². The van der Waals surface area contributed by atoms with Gasteiger partial charge in [-0.3, -0.25) is 24.6 Å². The van der Waals surface area contributed by atoms with Crippen molar-refractivity contribution in [1.82, 2.24) is 10.2 Å². The number of non-ortho nitro benzene ring substituents is 1. The van der Waals surface area contributed by atoms with E-state index < -0.39 is 12.3 Å². The van der Waals surface area contributed by atoms with E-state index in [9.17, 15) is 24.8 Å². The molecule has 12 nitrogen and oxygen atoms in total. The summed E-state index contributed by atoms with van der Waals surface area (Å²) in [6.45, 7) is 4.34. The SMILES string of the molecule is O=C(O)CCCCC(=O)NCc1ccccc1-c1ccc([C@H]2O[C@@H](CN3CCN(c4ccc([N+](=O)[O-])cc4)CC3)C[C@@H](c3ccc(CO)cc3)O2)cc1. The largest absolute Gasteiger partial charge is 0.481 e. The topological polar surface area (TPSA) is 155 Å². The van der Waals surface area contributed by atoms with Crippen molar-refractivity contribution in [3.8, 4) is 11.1 Å². The summed E-state index contributed by atoms with van der Waals surface area (Å²) >= 11 is 0. The van der Waals surface area contributed by atoms with E-state index >= 15 is 0 Å². The molecule has 0 aliphatic carbocycles. The van der Waals surface area contributed by atoms with Crippen molar-refractivity contribution in [2.45, 2.75) is 63.8 Å². The molecule has 0 saturated carbocycles. The summed E-state index contributed by atoms with van der Waals surface area (Å²) < 4.78 is 13.2. The number of piperazine rings is 1. The van der Waals surface area contributed by atoms with E-state index in [1.54, 1.807) is 12.1 Å². The first-order chi connectivity index (χ1) is 25.7. The molecule has 3 atom stereocenters. The molecule has 0 aromatic heterocycles.